The van der Waals surface area contributed by atoms with Crippen molar-refractivity contribution in [1.82, 2.24) is 0 Å². The highest BCUT2D eigenvalue weighted by Crippen LogP contribution is 2.15. The van der Waals surface area contributed by atoms with Crippen LogP contribution in [0, 0.1) is 5.92 Å². The number of ether oxygens (including phenoxy) is 1. The molecule has 1 unspecified atom stereocenters. The van der Waals surface area contributed by atoms with Gasteiger partial charge in [0, 0.05) is 13.0 Å². The highest BCUT2D eigenvalue weighted by molar-refractivity contribution is 5.66. The van der Waals surface area contributed by atoms with E-state index in [1.807, 2.05) is 0 Å². The van der Waals surface area contributed by atoms with E-state index in [9.17, 15) is 18.0 Å². The van der Waals surface area contributed by atoms with Crippen molar-refractivity contribution in [1.29, 1.82) is 0 Å². The molecule has 0 aliphatic heterocycles. The second-order valence-corrected chi connectivity index (χ2v) is 3.51. The number of carbonyl (C=O) groups is 1. The highest BCUT2D eigenvalue weighted by atomic mass is 19.4. The highest BCUT2D eigenvalue weighted by Gasteiger charge is 2.27. The number of halogens is 3. The maximum Gasteiger partial charge on any atom is 0.411 e. The van der Waals surface area contributed by atoms with Crippen LogP contribution in [-0.2, 0) is 9.53 Å². The van der Waals surface area contributed by atoms with Crippen molar-refractivity contribution in [2.75, 3.05) is 13.2 Å². The summed E-state index contributed by atoms with van der Waals surface area (Å²) in [6.45, 7) is 0.529. The third kappa shape index (κ3) is 11.1. The number of hydrogen-bond donors (Lipinski definition) is 1. The molecule has 0 aliphatic rings. The lowest BCUT2D eigenvalue weighted by Gasteiger charge is -2.09. The van der Waals surface area contributed by atoms with Gasteiger partial charge in [-0.25, -0.2) is 0 Å². The maximum atomic E-state index is 11.6. The molecule has 0 spiro atoms. The molecule has 0 aromatic carbocycles. The van der Waals surface area contributed by atoms with E-state index < -0.39 is 18.8 Å². The van der Waals surface area contributed by atoms with Crippen molar-refractivity contribution in [2.24, 2.45) is 5.92 Å². The van der Waals surface area contributed by atoms with Crippen LogP contribution in [0.15, 0.2) is 0 Å². The molecule has 0 saturated carbocycles. The average molecular weight is 228 g/mol. The first-order valence-corrected chi connectivity index (χ1v) is 4.67. The van der Waals surface area contributed by atoms with E-state index in [4.69, 9.17) is 5.11 Å². The first kappa shape index (κ1) is 14.2. The fourth-order valence-corrected chi connectivity index (χ4v) is 1.12. The topological polar surface area (TPSA) is 46.5 Å². The van der Waals surface area contributed by atoms with Gasteiger partial charge in [0.2, 0.25) is 0 Å². The number of hydrogen-bond acceptors (Lipinski definition) is 2. The summed E-state index contributed by atoms with van der Waals surface area (Å²) in [6, 6.07) is 0. The molecule has 0 amide bonds. The number of alkyl halides is 3. The van der Waals surface area contributed by atoms with Crippen molar-refractivity contribution < 1.29 is 27.8 Å². The lowest BCUT2D eigenvalue weighted by molar-refractivity contribution is -0.174. The van der Waals surface area contributed by atoms with Crippen molar-refractivity contribution in [2.45, 2.75) is 32.4 Å². The Labute approximate surface area is 86.2 Å². The number of aliphatic carboxylic acids is 1. The zero-order valence-electron chi connectivity index (χ0n) is 8.51. The lowest BCUT2D eigenvalue weighted by atomic mass is 10.0. The summed E-state index contributed by atoms with van der Waals surface area (Å²) in [6.07, 6.45) is -3.24. The zero-order valence-corrected chi connectivity index (χ0v) is 8.51. The van der Waals surface area contributed by atoms with Gasteiger partial charge in [-0.3, -0.25) is 4.79 Å². The first-order valence-electron chi connectivity index (χ1n) is 4.67. The molecule has 0 bridgehead atoms. The summed E-state index contributed by atoms with van der Waals surface area (Å²) in [7, 11) is 0. The molecule has 0 fully saturated rings. The minimum absolute atomic E-state index is 0.0173. The third-order valence-electron chi connectivity index (χ3n) is 1.77. The van der Waals surface area contributed by atoms with Gasteiger partial charge in [0.05, 0.1) is 0 Å². The van der Waals surface area contributed by atoms with E-state index >= 15 is 0 Å². The first-order chi connectivity index (χ1) is 6.81. The van der Waals surface area contributed by atoms with Crippen LogP contribution in [0.3, 0.4) is 0 Å². The zero-order chi connectivity index (χ0) is 11.9. The predicted octanol–water partition coefficient (Wildman–Crippen LogP) is 2.46. The van der Waals surface area contributed by atoms with Crippen molar-refractivity contribution in [3.63, 3.8) is 0 Å². The number of carboxylic acid groups (broad SMARTS) is 1. The standard InChI is InChI=1S/C9H15F3O3/c1-7(5-8(13)14)3-2-4-15-6-9(10,11)12/h7H,2-6H2,1H3,(H,13,14). The Morgan fingerprint density at radius 1 is 1.47 bits per heavy atom. The molecule has 1 atom stereocenters. The molecular formula is C9H15F3O3. The molecule has 6 heteroatoms. The Hall–Kier alpha value is -0.780. The van der Waals surface area contributed by atoms with Gasteiger partial charge >= 0.3 is 12.1 Å². The lowest BCUT2D eigenvalue weighted by Crippen LogP contribution is -2.17. The molecule has 0 aromatic rings. The molecule has 0 radical (unpaired) electrons. The van der Waals surface area contributed by atoms with Gasteiger partial charge in [0.15, 0.2) is 0 Å². The van der Waals surface area contributed by atoms with E-state index in [0.717, 1.165) is 0 Å². The van der Waals surface area contributed by atoms with E-state index in [0.29, 0.717) is 12.8 Å². The second kappa shape index (κ2) is 6.66. The molecular weight excluding hydrogens is 213 g/mol. The monoisotopic (exact) mass is 228 g/mol. The summed E-state index contributed by atoms with van der Waals surface area (Å²) < 4.78 is 39.2. The van der Waals surface area contributed by atoms with Gasteiger partial charge in [0.25, 0.3) is 0 Å². The molecule has 0 aromatic heterocycles. The summed E-state index contributed by atoms with van der Waals surface area (Å²) in [4.78, 5) is 10.3. The van der Waals surface area contributed by atoms with Crippen molar-refractivity contribution in [3.05, 3.63) is 0 Å². The number of carboxylic acids is 1. The smallest absolute Gasteiger partial charge is 0.411 e. The Morgan fingerprint density at radius 3 is 2.53 bits per heavy atom. The van der Waals surface area contributed by atoms with Crippen LogP contribution < -0.4 is 0 Å². The fourth-order valence-electron chi connectivity index (χ4n) is 1.12. The molecule has 0 heterocycles. The quantitative estimate of drug-likeness (QED) is 0.681. The van der Waals surface area contributed by atoms with Gasteiger partial charge in [-0.05, 0) is 18.8 Å². The Morgan fingerprint density at radius 2 is 2.07 bits per heavy atom. The Bertz CT molecular complexity index is 192. The van der Waals surface area contributed by atoms with Crippen LogP contribution in [0.5, 0.6) is 0 Å². The minimum Gasteiger partial charge on any atom is -0.481 e. The summed E-state index contributed by atoms with van der Waals surface area (Å²) >= 11 is 0. The van der Waals surface area contributed by atoms with Gasteiger partial charge in [0.1, 0.15) is 6.61 Å². The van der Waals surface area contributed by atoms with Gasteiger partial charge < -0.3 is 9.84 Å². The molecule has 15 heavy (non-hydrogen) atoms. The molecule has 0 aliphatic carbocycles. The molecule has 0 rings (SSSR count). The van der Waals surface area contributed by atoms with Gasteiger partial charge in [-0.1, -0.05) is 6.92 Å². The Balaban J connectivity index is 3.35. The minimum atomic E-state index is -4.29. The van der Waals surface area contributed by atoms with E-state index in [1.165, 1.54) is 0 Å². The van der Waals surface area contributed by atoms with Crippen molar-refractivity contribution >= 4 is 5.97 Å². The normalized spacial score (nSPS) is 13.9. The predicted molar refractivity (Wildman–Crippen MR) is 47.5 cm³/mol. The SMILES string of the molecule is CC(CCCOCC(F)(F)F)CC(=O)O. The summed E-state index contributed by atoms with van der Waals surface area (Å²) in [5, 5.41) is 8.41. The molecule has 1 N–H and O–H groups in total. The Kier molecular flexibility index (Phi) is 6.31. The van der Waals surface area contributed by atoms with Crippen LogP contribution in [0.25, 0.3) is 0 Å². The molecule has 90 valence electrons. The van der Waals surface area contributed by atoms with E-state index in [1.54, 1.807) is 6.92 Å². The van der Waals surface area contributed by atoms with Crippen LogP contribution >= 0.6 is 0 Å². The maximum absolute atomic E-state index is 11.6. The van der Waals surface area contributed by atoms with Crippen molar-refractivity contribution in [3.8, 4) is 0 Å². The summed E-state index contributed by atoms with van der Waals surface area (Å²) in [5.74, 6) is -0.921. The van der Waals surface area contributed by atoms with E-state index in [-0.39, 0.29) is 18.9 Å². The fraction of sp³-hybridized carbons (Fsp3) is 0.889. The summed E-state index contributed by atoms with van der Waals surface area (Å²) in [5.41, 5.74) is 0. The second-order valence-electron chi connectivity index (χ2n) is 3.51. The van der Waals surface area contributed by atoms with Gasteiger partial charge in [-0.15, -0.1) is 0 Å². The number of rotatable bonds is 7. The van der Waals surface area contributed by atoms with Crippen LogP contribution in [-0.4, -0.2) is 30.5 Å². The van der Waals surface area contributed by atoms with Crippen LogP contribution in [0.1, 0.15) is 26.2 Å². The average Bonchev–Trinajstić information content (AvgIpc) is 1.99. The van der Waals surface area contributed by atoms with E-state index in [2.05, 4.69) is 4.74 Å². The molecule has 3 nitrogen and oxygen atoms in total. The largest absolute Gasteiger partial charge is 0.481 e. The third-order valence-corrected chi connectivity index (χ3v) is 1.77. The van der Waals surface area contributed by atoms with Crippen LogP contribution in [0.2, 0.25) is 0 Å². The van der Waals surface area contributed by atoms with Crippen LogP contribution in [0.4, 0.5) is 13.2 Å². The van der Waals surface area contributed by atoms with Gasteiger partial charge in [-0.2, -0.15) is 13.2 Å². The molecule has 0 saturated heterocycles.